The molecule has 0 spiro atoms. The SMILES string of the molecule is CCCCCCCCc1ccc(C(=O)N[C@@H](CCCN)C(=O)N(C)[C@@H]2C(=O)N[C@@H](C)C(=O)N[C@H](C(=O)N[C@@H](C)B3O[C@@H]4C[C@@H]5C[C@@H](C5(C)C)[C@]4(C)O3)Cc3ccc(OC)c(c3)-c3cc2ccc3OC)cc1. The second-order valence-corrected chi connectivity index (χ2v) is 21.1. The van der Waals surface area contributed by atoms with E-state index < -0.39 is 72.4 Å². The van der Waals surface area contributed by atoms with Gasteiger partial charge in [0.2, 0.25) is 23.6 Å². The first-order chi connectivity index (χ1) is 33.9. The zero-order chi connectivity index (χ0) is 51.2. The molecular weight excluding hydrogens is 899 g/mol. The van der Waals surface area contributed by atoms with Crippen molar-refractivity contribution in [2.45, 2.75) is 160 Å². The van der Waals surface area contributed by atoms with Crippen molar-refractivity contribution in [3.05, 3.63) is 82.9 Å². The van der Waals surface area contributed by atoms with Crippen LogP contribution in [0.4, 0.5) is 0 Å². The van der Waals surface area contributed by atoms with Crippen molar-refractivity contribution in [2.24, 2.45) is 23.0 Å². The summed E-state index contributed by atoms with van der Waals surface area (Å²) in [5, 5.41) is 11.8. The quantitative estimate of drug-likeness (QED) is 0.0642. The Morgan fingerprint density at radius 2 is 1.55 bits per heavy atom. The van der Waals surface area contributed by atoms with Crippen LogP contribution in [0, 0.1) is 17.3 Å². The molecule has 384 valence electrons. The highest BCUT2D eigenvalue weighted by Gasteiger charge is 2.68. The molecule has 3 aromatic carbocycles. The lowest BCUT2D eigenvalue weighted by Crippen LogP contribution is -2.65. The maximum Gasteiger partial charge on any atom is 0.481 e. The summed E-state index contributed by atoms with van der Waals surface area (Å²) in [6.45, 7) is 12.6. The molecule has 9 atom stereocenters. The predicted octanol–water partition coefficient (Wildman–Crippen LogP) is 6.63. The van der Waals surface area contributed by atoms with E-state index in [1.54, 1.807) is 43.5 Å². The number of carbonyl (C=O) groups is 5. The van der Waals surface area contributed by atoms with Crippen LogP contribution in [0.25, 0.3) is 11.1 Å². The van der Waals surface area contributed by atoms with Gasteiger partial charge in [-0.15, -0.1) is 0 Å². The monoisotopic (exact) mass is 977 g/mol. The fourth-order valence-electron chi connectivity index (χ4n) is 11.5. The van der Waals surface area contributed by atoms with Gasteiger partial charge < -0.3 is 50.7 Å². The number of methoxy groups -OCH3 is 2. The minimum atomic E-state index is -1.30. The lowest BCUT2D eigenvalue weighted by Gasteiger charge is -2.64. The third kappa shape index (κ3) is 11.6. The van der Waals surface area contributed by atoms with Crippen LogP contribution in [0.1, 0.15) is 139 Å². The third-order valence-corrected chi connectivity index (χ3v) is 16.0. The van der Waals surface area contributed by atoms with Gasteiger partial charge in [0.1, 0.15) is 35.7 Å². The summed E-state index contributed by atoms with van der Waals surface area (Å²) in [7, 11) is 3.90. The number of ether oxygens (including phenoxy) is 2. The zero-order valence-electron chi connectivity index (χ0n) is 43.4. The summed E-state index contributed by atoms with van der Waals surface area (Å²) in [4.78, 5) is 73.2. The van der Waals surface area contributed by atoms with Crippen LogP contribution in [0.5, 0.6) is 11.5 Å². The Bertz CT molecular complexity index is 2400. The fraction of sp³-hybridized carbons (Fsp3) is 0.582. The van der Waals surface area contributed by atoms with Gasteiger partial charge in [-0.1, -0.05) is 77.1 Å². The van der Waals surface area contributed by atoms with E-state index >= 15 is 0 Å². The Balaban J connectivity index is 1.14. The smallest absolute Gasteiger partial charge is 0.481 e. The molecule has 3 aliphatic carbocycles. The number of unbranched alkanes of at least 4 members (excludes halogenated alkanes) is 5. The van der Waals surface area contributed by atoms with Crippen molar-refractivity contribution in [2.75, 3.05) is 27.8 Å². The standard InChI is InChI=1S/C55H77BN6O9/c1-10-11-12-13-14-15-17-35-19-22-37(23-20-35)50(64)60-42(18-16-27-57)53(67)62(7)48-38-24-26-45(69-9)41(30-38)40-28-36(21-25-44(40)68-8)29-43(61-49(63)33(2)58-52(48)66)51(65)59-34(3)56-70-47-32-39-31-46(54(39,4)5)55(47,6)71-56/h19-26,28,30,33-34,39,42-43,46-48H,10-18,27,29,31-32,57H2,1-9H3,(H,58,66)(H,59,65)(H,60,64)(H,61,63)/t33-,34-,39-,42-,43-,46-,47+,48-,55-/m0/s1. The second kappa shape index (κ2) is 23.0. The normalized spacial score (nSPS) is 25.2. The molecule has 6 N–H and O–H groups in total. The van der Waals surface area contributed by atoms with Gasteiger partial charge in [0, 0.05) is 30.2 Å². The molecule has 0 unspecified atom stereocenters. The van der Waals surface area contributed by atoms with Crippen molar-refractivity contribution in [3.63, 3.8) is 0 Å². The number of fused-ring (bicyclic) bond motifs is 5. The largest absolute Gasteiger partial charge is 0.496 e. The van der Waals surface area contributed by atoms with Crippen LogP contribution >= 0.6 is 0 Å². The van der Waals surface area contributed by atoms with Gasteiger partial charge >= 0.3 is 7.12 Å². The Labute approximate surface area is 420 Å². The number of carbonyl (C=O) groups excluding carboxylic acids is 5. The first kappa shape index (κ1) is 53.4. The number of nitrogens with two attached hydrogens (primary N) is 1. The summed E-state index contributed by atoms with van der Waals surface area (Å²) in [6.07, 6.45) is 10.7. The number of aryl methyl sites for hydroxylation is 1. The number of rotatable bonds is 19. The molecule has 0 radical (unpaired) electrons. The molecule has 16 heteroatoms. The van der Waals surface area contributed by atoms with Gasteiger partial charge in [-0.25, -0.2) is 0 Å². The lowest BCUT2D eigenvalue weighted by atomic mass is 9.43. The number of amides is 5. The molecule has 6 bridgehead atoms. The van der Waals surface area contributed by atoms with Crippen LogP contribution in [0.2, 0.25) is 0 Å². The molecule has 2 heterocycles. The van der Waals surface area contributed by atoms with Gasteiger partial charge in [0.05, 0.1) is 31.9 Å². The summed E-state index contributed by atoms with van der Waals surface area (Å²) >= 11 is 0. The van der Waals surface area contributed by atoms with E-state index in [0.717, 1.165) is 37.7 Å². The first-order valence-corrected chi connectivity index (χ1v) is 25.9. The van der Waals surface area contributed by atoms with Crippen molar-refractivity contribution in [3.8, 4) is 22.6 Å². The highest BCUT2D eigenvalue weighted by molar-refractivity contribution is 6.47. The molecular formula is C55H77BN6O9. The molecule has 3 aromatic rings. The van der Waals surface area contributed by atoms with E-state index in [2.05, 4.69) is 49.0 Å². The molecule has 0 aromatic heterocycles. The predicted molar refractivity (Wildman–Crippen MR) is 275 cm³/mol. The Hall–Kier alpha value is -5.45. The van der Waals surface area contributed by atoms with Crippen molar-refractivity contribution in [1.29, 1.82) is 0 Å². The van der Waals surface area contributed by atoms with Crippen LogP contribution in [0.3, 0.4) is 0 Å². The zero-order valence-corrected chi connectivity index (χ0v) is 43.4. The van der Waals surface area contributed by atoms with E-state index in [9.17, 15) is 24.0 Å². The van der Waals surface area contributed by atoms with Crippen LogP contribution in [-0.4, -0.2) is 105 Å². The van der Waals surface area contributed by atoms with E-state index in [0.29, 0.717) is 57.6 Å². The number of nitrogens with one attached hydrogen (secondary N) is 4. The Kier molecular flexibility index (Phi) is 17.3. The molecule has 15 nitrogen and oxygen atoms in total. The molecule has 2 aliphatic heterocycles. The number of hydrogen-bond donors (Lipinski definition) is 5. The molecule has 4 fully saturated rings. The number of likely N-dealkylation sites (N-methyl/N-ethyl adjacent to an activating group) is 1. The highest BCUT2D eigenvalue weighted by atomic mass is 16.7. The average molecular weight is 977 g/mol. The van der Waals surface area contributed by atoms with Crippen molar-refractivity contribution in [1.82, 2.24) is 26.2 Å². The van der Waals surface area contributed by atoms with Crippen LogP contribution in [0.15, 0.2) is 60.7 Å². The van der Waals surface area contributed by atoms with Gasteiger partial charge in [-0.3, -0.25) is 24.0 Å². The lowest BCUT2D eigenvalue weighted by molar-refractivity contribution is -0.199. The molecule has 8 rings (SSSR count). The maximum atomic E-state index is 14.8. The van der Waals surface area contributed by atoms with Crippen LogP contribution < -0.4 is 36.5 Å². The average Bonchev–Trinajstić information content (AvgIpc) is 3.73. The first-order valence-electron chi connectivity index (χ1n) is 25.9. The van der Waals surface area contributed by atoms with E-state index in [4.69, 9.17) is 24.5 Å². The van der Waals surface area contributed by atoms with E-state index in [1.165, 1.54) is 51.7 Å². The van der Waals surface area contributed by atoms with Gasteiger partial charge in [0.15, 0.2) is 0 Å². The molecule has 5 amide bonds. The van der Waals surface area contributed by atoms with Gasteiger partial charge in [-0.05, 0) is 136 Å². The molecule has 1 saturated heterocycles. The summed E-state index contributed by atoms with van der Waals surface area (Å²) in [5.74, 6) is -1.39. The van der Waals surface area contributed by atoms with E-state index in [-0.39, 0.29) is 30.9 Å². The second-order valence-electron chi connectivity index (χ2n) is 21.1. The third-order valence-electron chi connectivity index (χ3n) is 16.0. The van der Waals surface area contributed by atoms with Gasteiger partial charge in [-0.2, -0.15) is 0 Å². The Morgan fingerprint density at radius 1 is 0.873 bits per heavy atom. The highest BCUT2D eigenvalue weighted by Crippen LogP contribution is 2.65. The van der Waals surface area contributed by atoms with Gasteiger partial charge in [0.25, 0.3) is 5.91 Å². The minimum Gasteiger partial charge on any atom is -0.496 e. The molecule has 71 heavy (non-hydrogen) atoms. The van der Waals surface area contributed by atoms with Crippen molar-refractivity contribution >= 4 is 36.7 Å². The molecule has 5 aliphatic rings. The van der Waals surface area contributed by atoms with Crippen LogP contribution in [-0.2, 0) is 41.3 Å². The summed E-state index contributed by atoms with van der Waals surface area (Å²) in [5.41, 5.74) is 9.44. The Morgan fingerprint density at radius 3 is 2.23 bits per heavy atom. The minimum absolute atomic E-state index is 0.0774. The number of hydrogen-bond acceptors (Lipinski definition) is 10. The molecule has 3 saturated carbocycles. The fourth-order valence-corrected chi connectivity index (χ4v) is 11.5. The maximum absolute atomic E-state index is 14.8. The topological polar surface area (TPSA) is 200 Å². The number of benzene rings is 3. The number of nitrogens with zero attached hydrogens (tertiary/aromatic N) is 1. The summed E-state index contributed by atoms with van der Waals surface area (Å²) < 4.78 is 24.9. The van der Waals surface area contributed by atoms with Crippen molar-refractivity contribution < 1.29 is 42.8 Å². The van der Waals surface area contributed by atoms with E-state index in [1.807, 2.05) is 31.2 Å². The summed E-state index contributed by atoms with van der Waals surface area (Å²) in [6, 6.07) is 13.6.